The fourth-order valence-electron chi connectivity index (χ4n) is 3.10. The van der Waals surface area contributed by atoms with Crippen LogP contribution in [0.4, 0.5) is 0 Å². The maximum atomic E-state index is 4.79. The quantitative estimate of drug-likeness (QED) is 0.944. The van der Waals surface area contributed by atoms with E-state index in [1.54, 1.807) is 0 Å². The van der Waals surface area contributed by atoms with E-state index in [0.29, 0.717) is 0 Å². The number of hydrogen-bond acceptors (Lipinski definition) is 5. The molecule has 1 atom stereocenters. The Kier molecular flexibility index (Phi) is 3.56. The molecule has 0 amide bonds. The third kappa shape index (κ3) is 2.66. The molecule has 0 bridgehead atoms. The van der Waals surface area contributed by atoms with Gasteiger partial charge in [-0.1, -0.05) is 18.2 Å². The third-order valence-electron chi connectivity index (χ3n) is 4.50. The molecule has 1 aromatic heterocycles. The molecule has 1 N–H and O–H groups in total. The number of rotatable bonds is 3. The number of allylic oxidation sites excluding steroid dienone is 1. The number of aryl methyl sites for hydroxylation is 2. The standard InChI is InChI=1S/C19H21N5/c1-12-4-5-15-6-7-16(21-17(15)10-12)8-9-18-22-19-14(3)20-11-13(2)24(19)23-18/h4-7,10-11,19H,8-9H2,1-3H3,(H,22,23). The zero-order valence-electron chi connectivity index (χ0n) is 14.2. The fourth-order valence-corrected chi connectivity index (χ4v) is 3.10. The molecule has 0 spiro atoms. The molecule has 0 radical (unpaired) electrons. The summed E-state index contributed by atoms with van der Waals surface area (Å²) in [6.45, 7) is 6.16. The van der Waals surface area contributed by atoms with Crippen molar-refractivity contribution in [2.24, 2.45) is 9.98 Å². The van der Waals surface area contributed by atoms with Gasteiger partial charge < -0.3 is 0 Å². The van der Waals surface area contributed by atoms with Gasteiger partial charge in [0.15, 0.2) is 6.17 Å². The van der Waals surface area contributed by atoms with Crippen molar-refractivity contribution in [3.05, 3.63) is 53.5 Å². The largest absolute Gasteiger partial charge is 0.283 e. The van der Waals surface area contributed by atoms with Gasteiger partial charge in [0.1, 0.15) is 5.84 Å². The monoisotopic (exact) mass is 319 g/mol. The molecule has 4 rings (SSSR count). The third-order valence-corrected chi connectivity index (χ3v) is 4.50. The lowest BCUT2D eigenvalue weighted by Crippen LogP contribution is -2.43. The van der Waals surface area contributed by atoms with E-state index in [-0.39, 0.29) is 6.17 Å². The molecule has 0 fully saturated rings. The Bertz CT molecular complexity index is 894. The number of fused-ring (bicyclic) bond motifs is 2. The summed E-state index contributed by atoms with van der Waals surface area (Å²) in [4.78, 5) is 14.0. The lowest BCUT2D eigenvalue weighted by Gasteiger charge is -2.27. The van der Waals surface area contributed by atoms with Crippen molar-refractivity contribution in [3.63, 3.8) is 0 Å². The van der Waals surface area contributed by atoms with Gasteiger partial charge in [-0.15, -0.1) is 0 Å². The van der Waals surface area contributed by atoms with Crippen molar-refractivity contribution in [3.8, 4) is 0 Å². The average Bonchev–Trinajstić information content (AvgIpc) is 3.01. The molecule has 24 heavy (non-hydrogen) atoms. The molecule has 0 saturated carbocycles. The minimum absolute atomic E-state index is 0.00258. The summed E-state index contributed by atoms with van der Waals surface area (Å²) in [6, 6.07) is 10.6. The van der Waals surface area contributed by atoms with Gasteiger partial charge >= 0.3 is 0 Å². The summed E-state index contributed by atoms with van der Waals surface area (Å²) in [5, 5.41) is 3.26. The zero-order chi connectivity index (χ0) is 16.7. The van der Waals surface area contributed by atoms with E-state index in [0.717, 1.165) is 41.3 Å². The number of nitrogens with zero attached hydrogens (tertiary/aromatic N) is 4. The second-order valence-electron chi connectivity index (χ2n) is 6.47. The Morgan fingerprint density at radius 3 is 2.75 bits per heavy atom. The highest BCUT2D eigenvalue weighted by Crippen LogP contribution is 2.20. The number of benzene rings is 1. The van der Waals surface area contributed by atoms with Crippen molar-refractivity contribution in [1.29, 1.82) is 0 Å². The minimum atomic E-state index is -0.00258. The van der Waals surface area contributed by atoms with E-state index in [1.807, 2.05) is 20.0 Å². The molecular formula is C19H21N5. The lowest BCUT2D eigenvalue weighted by molar-refractivity contribution is 0.294. The van der Waals surface area contributed by atoms with Gasteiger partial charge in [-0.2, -0.15) is 0 Å². The van der Waals surface area contributed by atoms with E-state index in [1.165, 1.54) is 10.9 Å². The highest BCUT2D eigenvalue weighted by atomic mass is 15.6. The Morgan fingerprint density at radius 1 is 1.08 bits per heavy atom. The summed E-state index contributed by atoms with van der Waals surface area (Å²) in [5.74, 6) is 0.996. The summed E-state index contributed by atoms with van der Waals surface area (Å²) >= 11 is 0. The predicted octanol–water partition coefficient (Wildman–Crippen LogP) is 3.36. The molecule has 1 unspecified atom stereocenters. The molecule has 0 aliphatic carbocycles. The highest BCUT2D eigenvalue weighted by molar-refractivity contribution is 5.94. The second-order valence-corrected chi connectivity index (χ2v) is 6.47. The van der Waals surface area contributed by atoms with Crippen LogP contribution in [0.1, 0.15) is 31.5 Å². The van der Waals surface area contributed by atoms with Gasteiger partial charge in [0, 0.05) is 23.7 Å². The van der Waals surface area contributed by atoms with Crippen LogP contribution in [0.2, 0.25) is 0 Å². The van der Waals surface area contributed by atoms with Crippen molar-refractivity contribution in [1.82, 2.24) is 15.4 Å². The molecular weight excluding hydrogens is 298 g/mol. The second kappa shape index (κ2) is 5.74. The normalized spacial score (nSPS) is 19.5. The predicted molar refractivity (Wildman–Crippen MR) is 97.9 cm³/mol. The smallest absolute Gasteiger partial charge is 0.179 e. The van der Waals surface area contributed by atoms with Gasteiger partial charge in [0.25, 0.3) is 0 Å². The lowest BCUT2D eigenvalue weighted by atomic mass is 10.1. The van der Waals surface area contributed by atoms with Crippen LogP contribution in [0.5, 0.6) is 0 Å². The number of hydrogen-bond donors (Lipinski definition) is 1. The van der Waals surface area contributed by atoms with Gasteiger partial charge in [-0.3, -0.25) is 20.4 Å². The molecule has 2 aliphatic rings. The summed E-state index contributed by atoms with van der Waals surface area (Å²) in [6.07, 6.45) is 3.59. The molecule has 5 nitrogen and oxygen atoms in total. The van der Waals surface area contributed by atoms with Crippen molar-refractivity contribution in [2.45, 2.75) is 39.8 Å². The fraction of sp³-hybridized carbons (Fsp3) is 0.316. The van der Waals surface area contributed by atoms with Gasteiger partial charge in [-0.05, 0) is 44.9 Å². The van der Waals surface area contributed by atoms with E-state index < -0.39 is 0 Å². The van der Waals surface area contributed by atoms with E-state index in [4.69, 9.17) is 9.98 Å². The van der Waals surface area contributed by atoms with Crippen LogP contribution >= 0.6 is 0 Å². The van der Waals surface area contributed by atoms with Crippen LogP contribution in [0, 0.1) is 6.92 Å². The molecule has 0 saturated heterocycles. The van der Waals surface area contributed by atoms with Crippen LogP contribution in [-0.2, 0) is 6.42 Å². The molecule has 1 aromatic carbocycles. The van der Waals surface area contributed by atoms with Crippen LogP contribution in [0.15, 0.2) is 52.2 Å². The van der Waals surface area contributed by atoms with E-state index >= 15 is 0 Å². The average molecular weight is 319 g/mol. The number of amidine groups is 1. The number of aliphatic imine (C=N–C) groups is 2. The van der Waals surface area contributed by atoms with Crippen molar-refractivity contribution in [2.75, 3.05) is 0 Å². The topological polar surface area (TPSA) is 52.9 Å². The maximum Gasteiger partial charge on any atom is 0.179 e. The number of hydrazine groups is 1. The van der Waals surface area contributed by atoms with Crippen LogP contribution in [0.25, 0.3) is 10.9 Å². The Morgan fingerprint density at radius 2 is 1.92 bits per heavy atom. The number of aromatic nitrogens is 1. The summed E-state index contributed by atoms with van der Waals surface area (Å²) in [5.41, 5.74) is 8.90. The molecule has 2 aliphatic heterocycles. The first-order valence-corrected chi connectivity index (χ1v) is 8.30. The minimum Gasteiger partial charge on any atom is -0.283 e. The highest BCUT2D eigenvalue weighted by Gasteiger charge is 2.30. The van der Waals surface area contributed by atoms with Gasteiger partial charge in [0.2, 0.25) is 0 Å². The Labute approximate surface area is 141 Å². The first-order valence-electron chi connectivity index (χ1n) is 8.30. The Hall–Kier alpha value is -2.69. The zero-order valence-corrected chi connectivity index (χ0v) is 14.2. The Balaban J connectivity index is 1.49. The number of nitrogens with one attached hydrogen (secondary N) is 1. The van der Waals surface area contributed by atoms with Crippen molar-refractivity contribution >= 4 is 22.5 Å². The maximum absolute atomic E-state index is 4.79. The van der Waals surface area contributed by atoms with Crippen molar-refractivity contribution < 1.29 is 0 Å². The SMILES string of the molecule is CC1=CN=C(C)C2N=C(CCc3ccc4ccc(C)cc4n3)NN12. The van der Waals surface area contributed by atoms with E-state index in [9.17, 15) is 0 Å². The summed E-state index contributed by atoms with van der Waals surface area (Å²) < 4.78 is 0. The van der Waals surface area contributed by atoms with E-state index in [2.05, 4.69) is 52.7 Å². The first kappa shape index (κ1) is 14.9. The van der Waals surface area contributed by atoms with Crippen LogP contribution < -0.4 is 5.43 Å². The van der Waals surface area contributed by atoms with Crippen LogP contribution in [0.3, 0.4) is 0 Å². The summed E-state index contributed by atoms with van der Waals surface area (Å²) in [7, 11) is 0. The molecule has 2 aromatic rings. The van der Waals surface area contributed by atoms with Crippen LogP contribution in [-0.4, -0.2) is 27.7 Å². The number of pyridine rings is 1. The molecule has 3 heterocycles. The van der Waals surface area contributed by atoms with Gasteiger partial charge in [-0.25, -0.2) is 4.99 Å². The van der Waals surface area contributed by atoms with Gasteiger partial charge in [0.05, 0.1) is 16.9 Å². The molecule has 122 valence electrons. The molecule has 5 heteroatoms. The first-order chi connectivity index (χ1) is 11.6.